The van der Waals surface area contributed by atoms with Gasteiger partial charge >= 0.3 is 5.97 Å². The third-order valence-electron chi connectivity index (χ3n) is 4.55. The van der Waals surface area contributed by atoms with Crippen LogP contribution in [0.15, 0.2) is 46.9 Å². The van der Waals surface area contributed by atoms with E-state index in [0.717, 1.165) is 22.2 Å². The van der Waals surface area contributed by atoms with E-state index in [1.165, 1.54) is 4.90 Å². The molecule has 0 unspecified atom stereocenters. The van der Waals surface area contributed by atoms with Crippen LogP contribution in [-0.4, -0.2) is 29.9 Å². The molecule has 3 rings (SSSR count). The van der Waals surface area contributed by atoms with E-state index in [-0.39, 0.29) is 24.1 Å². The van der Waals surface area contributed by atoms with E-state index in [9.17, 15) is 18.4 Å². The first-order valence-electron chi connectivity index (χ1n) is 8.59. The van der Waals surface area contributed by atoms with Gasteiger partial charge in [0.1, 0.15) is 18.2 Å². The minimum atomic E-state index is -0.879. The van der Waals surface area contributed by atoms with Gasteiger partial charge in [-0.2, -0.15) is 0 Å². The summed E-state index contributed by atoms with van der Waals surface area (Å²) in [5.74, 6) is -2.69. The van der Waals surface area contributed by atoms with E-state index in [1.807, 2.05) is 24.3 Å². The highest BCUT2D eigenvalue weighted by molar-refractivity contribution is 9.10. The number of hydrogen-bond acceptors (Lipinski definition) is 3. The molecular weight excluding hydrogens is 420 g/mol. The van der Waals surface area contributed by atoms with Gasteiger partial charge in [-0.1, -0.05) is 28.1 Å². The predicted molar refractivity (Wildman–Crippen MR) is 98.9 cm³/mol. The van der Waals surface area contributed by atoms with E-state index < -0.39 is 17.5 Å². The molecule has 4 nitrogen and oxygen atoms in total. The lowest BCUT2D eigenvalue weighted by Crippen LogP contribution is -2.41. The van der Waals surface area contributed by atoms with Crippen molar-refractivity contribution in [1.82, 2.24) is 4.90 Å². The fourth-order valence-electron chi connectivity index (χ4n) is 3.05. The molecule has 0 aromatic heterocycles. The van der Waals surface area contributed by atoms with Crippen LogP contribution in [0, 0.1) is 17.6 Å². The molecule has 0 saturated carbocycles. The first kappa shape index (κ1) is 19.5. The first-order chi connectivity index (χ1) is 12.9. The van der Waals surface area contributed by atoms with Gasteiger partial charge in [-0.15, -0.1) is 0 Å². The Morgan fingerprint density at radius 2 is 1.85 bits per heavy atom. The zero-order chi connectivity index (χ0) is 19.4. The molecule has 7 heteroatoms. The van der Waals surface area contributed by atoms with Gasteiger partial charge in [0.15, 0.2) is 0 Å². The van der Waals surface area contributed by atoms with Gasteiger partial charge in [-0.3, -0.25) is 9.59 Å². The molecule has 1 aliphatic heterocycles. The number of ether oxygens (including phenoxy) is 1. The Labute approximate surface area is 164 Å². The zero-order valence-corrected chi connectivity index (χ0v) is 16.0. The number of amides is 1. The number of rotatable bonds is 4. The Morgan fingerprint density at radius 1 is 1.11 bits per heavy atom. The summed E-state index contributed by atoms with van der Waals surface area (Å²) in [6, 6.07) is 10.4. The molecule has 0 spiro atoms. The Balaban J connectivity index is 1.52. The third-order valence-corrected chi connectivity index (χ3v) is 5.04. The summed E-state index contributed by atoms with van der Waals surface area (Å²) in [5, 5.41) is 0. The lowest BCUT2D eigenvalue weighted by atomic mass is 9.96. The Bertz CT molecular complexity index is 851. The average molecular weight is 438 g/mol. The number of nitrogens with zero attached hydrogens (tertiary/aromatic N) is 1. The molecule has 142 valence electrons. The largest absolute Gasteiger partial charge is 0.461 e. The first-order valence-corrected chi connectivity index (χ1v) is 9.39. The maximum Gasteiger partial charge on any atom is 0.309 e. The Hall–Kier alpha value is -2.28. The fourth-order valence-corrected chi connectivity index (χ4v) is 3.50. The van der Waals surface area contributed by atoms with Crippen LogP contribution in [-0.2, 0) is 16.1 Å². The molecule has 1 amide bonds. The Morgan fingerprint density at radius 3 is 2.52 bits per heavy atom. The minimum Gasteiger partial charge on any atom is -0.461 e. The van der Waals surface area contributed by atoms with Crippen LogP contribution in [0.1, 0.15) is 28.8 Å². The molecule has 0 bridgehead atoms. The van der Waals surface area contributed by atoms with Crippen molar-refractivity contribution in [1.29, 1.82) is 0 Å². The quantitative estimate of drug-likeness (QED) is 0.669. The van der Waals surface area contributed by atoms with Gasteiger partial charge in [0.2, 0.25) is 0 Å². The number of hydrogen-bond donors (Lipinski definition) is 0. The van der Waals surface area contributed by atoms with Crippen LogP contribution in [0.5, 0.6) is 0 Å². The average Bonchev–Trinajstić information content (AvgIpc) is 2.66. The second-order valence-corrected chi connectivity index (χ2v) is 7.34. The number of likely N-dealkylation sites (tertiary alicyclic amines) is 1. The van der Waals surface area contributed by atoms with Crippen LogP contribution >= 0.6 is 15.9 Å². The van der Waals surface area contributed by atoms with Gasteiger partial charge in [0.25, 0.3) is 5.91 Å². The number of esters is 1. The highest BCUT2D eigenvalue weighted by atomic mass is 79.9. The summed E-state index contributed by atoms with van der Waals surface area (Å²) < 4.78 is 33.1. The van der Waals surface area contributed by atoms with E-state index in [0.29, 0.717) is 32.0 Å². The van der Waals surface area contributed by atoms with Gasteiger partial charge in [0, 0.05) is 23.6 Å². The van der Waals surface area contributed by atoms with E-state index in [1.54, 1.807) is 0 Å². The molecular formula is C20H18BrF2NO3. The SMILES string of the molecule is O=C(OCc1cccc(Br)c1)C1CCN(C(=O)c2ccc(F)cc2F)CC1. The van der Waals surface area contributed by atoms with Crippen LogP contribution in [0.2, 0.25) is 0 Å². The van der Waals surface area contributed by atoms with Crippen molar-refractivity contribution in [2.75, 3.05) is 13.1 Å². The molecule has 1 heterocycles. The maximum absolute atomic E-state index is 13.8. The third kappa shape index (κ3) is 4.91. The molecule has 1 saturated heterocycles. The lowest BCUT2D eigenvalue weighted by Gasteiger charge is -2.31. The van der Waals surface area contributed by atoms with Crippen LogP contribution in [0.4, 0.5) is 8.78 Å². The number of carbonyl (C=O) groups is 2. The summed E-state index contributed by atoms with van der Waals surface area (Å²) in [6.07, 6.45) is 0.901. The molecule has 1 aliphatic rings. The number of halogens is 3. The van der Waals surface area contributed by atoms with Gasteiger partial charge in [-0.05, 0) is 42.7 Å². The number of piperidine rings is 1. The van der Waals surface area contributed by atoms with Crippen LogP contribution < -0.4 is 0 Å². The molecule has 0 N–H and O–H groups in total. The number of benzene rings is 2. The van der Waals surface area contributed by atoms with Crippen molar-refractivity contribution in [3.05, 3.63) is 69.7 Å². The van der Waals surface area contributed by atoms with Gasteiger partial charge < -0.3 is 9.64 Å². The van der Waals surface area contributed by atoms with E-state index in [2.05, 4.69) is 15.9 Å². The summed E-state index contributed by atoms with van der Waals surface area (Å²) in [7, 11) is 0. The summed E-state index contributed by atoms with van der Waals surface area (Å²) in [6.45, 7) is 0.844. The second kappa shape index (κ2) is 8.61. The molecule has 27 heavy (non-hydrogen) atoms. The van der Waals surface area contributed by atoms with Crippen molar-refractivity contribution in [3.63, 3.8) is 0 Å². The summed E-state index contributed by atoms with van der Waals surface area (Å²) in [4.78, 5) is 26.1. The van der Waals surface area contributed by atoms with Crippen molar-refractivity contribution >= 4 is 27.8 Å². The molecule has 0 atom stereocenters. The predicted octanol–water partition coefficient (Wildman–Crippen LogP) is 4.32. The molecule has 0 aliphatic carbocycles. The monoisotopic (exact) mass is 437 g/mol. The smallest absolute Gasteiger partial charge is 0.309 e. The fraction of sp³-hybridized carbons (Fsp3) is 0.300. The van der Waals surface area contributed by atoms with Crippen molar-refractivity contribution in [2.24, 2.45) is 5.92 Å². The zero-order valence-electron chi connectivity index (χ0n) is 14.5. The minimum absolute atomic E-state index is 0.160. The summed E-state index contributed by atoms with van der Waals surface area (Å²) >= 11 is 3.37. The highest BCUT2D eigenvalue weighted by Gasteiger charge is 2.29. The van der Waals surface area contributed by atoms with Crippen LogP contribution in [0.3, 0.4) is 0 Å². The highest BCUT2D eigenvalue weighted by Crippen LogP contribution is 2.22. The normalized spacial score (nSPS) is 14.9. The standard InChI is InChI=1S/C20H18BrF2NO3/c21-15-3-1-2-13(10-15)12-27-20(26)14-6-8-24(9-7-14)19(25)17-5-4-16(22)11-18(17)23/h1-5,10-11,14H,6-9,12H2. The number of carbonyl (C=O) groups excluding carboxylic acids is 2. The topological polar surface area (TPSA) is 46.6 Å². The van der Waals surface area contributed by atoms with Crippen molar-refractivity contribution in [2.45, 2.75) is 19.4 Å². The van der Waals surface area contributed by atoms with E-state index >= 15 is 0 Å². The second-order valence-electron chi connectivity index (χ2n) is 6.43. The van der Waals surface area contributed by atoms with Gasteiger partial charge in [0.05, 0.1) is 11.5 Å². The molecule has 2 aromatic carbocycles. The maximum atomic E-state index is 13.8. The molecule has 0 radical (unpaired) electrons. The van der Waals surface area contributed by atoms with Crippen molar-refractivity contribution in [3.8, 4) is 0 Å². The molecule has 2 aromatic rings. The van der Waals surface area contributed by atoms with Crippen molar-refractivity contribution < 1.29 is 23.1 Å². The van der Waals surface area contributed by atoms with Gasteiger partial charge in [-0.25, -0.2) is 8.78 Å². The van der Waals surface area contributed by atoms with Crippen LogP contribution in [0.25, 0.3) is 0 Å². The summed E-state index contributed by atoms with van der Waals surface area (Å²) in [5.41, 5.74) is 0.726. The lowest BCUT2D eigenvalue weighted by molar-refractivity contribution is -0.151. The Kier molecular flexibility index (Phi) is 6.21. The molecule has 1 fully saturated rings. The van der Waals surface area contributed by atoms with E-state index in [4.69, 9.17) is 4.74 Å².